The summed E-state index contributed by atoms with van der Waals surface area (Å²) in [5.41, 5.74) is 5.80. The summed E-state index contributed by atoms with van der Waals surface area (Å²) in [6, 6.07) is 2.51. The molecule has 2 rings (SSSR count). The van der Waals surface area contributed by atoms with Gasteiger partial charge in [0.25, 0.3) is 5.91 Å². The number of methoxy groups -OCH3 is 2. The second-order valence-corrected chi connectivity index (χ2v) is 5.61. The van der Waals surface area contributed by atoms with Gasteiger partial charge in [-0.1, -0.05) is 6.92 Å². The normalized spacial score (nSPS) is 21.6. The molecule has 6 heteroatoms. The fourth-order valence-electron chi connectivity index (χ4n) is 3.03. The zero-order chi connectivity index (χ0) is 16.3. The molecule has 1 aromatic rings. The van der Waals surface area contributed by atoms with Gasteiger partial charge >= 0.3 is 0 Å². The minimum absolute atomic E-state index is 0.00907. The third-order valence-electron chi connectivity index (χ3n) is 4.32. The van der Waals surface area contributed by atoms with E-state index in [1.54, 1.807) is 4.90 Å². The maximum absolute atomic E-state index is 14.3. The van der Waals surface area contributed by atoms with Gasteiger partial charge in [-0.25, -0.2) is 4.39 Å². The van der Waals surface area contributed by atoms with Crippen LogP contribution in [-0.2, 0) is 0 Å². The lowest BCUT2D eigenvalue weighted by Gasteiger charge is -2.39. The molecule has 5 nitrogen and oxygen atoms in total. The molecule has 1 aliphatic heterocycles. The molecule has 122 valence electrons. The highest BCUT2D eigenvalue weighted by Gasteiger charge is 2.32. The Kier molecular flexibility index (Phi) is 5.24. The Morgan fingerprint density at radius 3 is 2.59 bits per heavy atom. The van der Waals surface area contributed by atoms with Gasteiger partial charge in [0, 0.05) is 25.2 Å². The van der Waals surface area contributed by atoms with Crippen LogP contribution in [0, 0.1) is 11.7 Å². The van der Waals surface area contributed by atoms with Crippen LogP contribution in [0.2, 0.25) is 0 Å². The number of rotatable bonds is 4. The SMILES string of the molecule is COc1cc(F)c(C(=O)N2CCC[C@H](C)[C@H]2CN)cc1OC. The summed E-state index contributed by atoms with van der Waals surface area (Å²) in [5, 5.41) is 0. The summed E-state index contributed by atoms with van der Waals surface area (Å²) < 4.78 is 24.5. The van der Waals surface area contributed by atoms with Gasteiger partial charge in [-0.05, 0) is 24.8 Å². The topological polar surface area (TPSA) is 64.8 Å². The maximum Gasteiger partial charge on any atom is 0.257 e. The average molecular weight is 310 g/mol. The Morgan fingerprint density at radius 2 is 2.00 bits per heavy atom. The fourth-order valence-corrected chi connectivity index (χ4v) is 3.03. The number of hydrogen-bond donors (Lipinski definition) is 1. The Balaban J connectivity index is 2.36. The number of ether oxygens (including phenoxy) is 2. The average Bonchev–Trinajstić information content (AvgIpc) is 2.53. The van der Waals surface area contributed by atoms with Gasteiger partial charge in [0.1, 0.15) is 5.82 Å². The molecule has 1 aromatic carbocycles. The first-order valence-corrected chi connectivity index (χ1v) is 7.46. The summed E-state index contributed by atoms with van der Waals surface area (Å²) in [7, 11) is 2.88. The van der Waals surface area contributed by atoms with E-state index >= 15 is 0 Å². The standard InChI is InChI=1S/C16H23FN2O3/c1-10-5-4-6-19(13(10)9-18)16(20)11-7-14(21-2)15(22-3)8-12(11)17/h7-8,10,13H,4-6,9,18H2,1-3H3/t10-,13+/m0/s1. The van der Waals surface area contributed by atoms with E-state index in [9.17, 15) is 9.18 Å². The minimum Gasteiger partial charge on any atom is -0.493 e. The highest BCUT2D eigenvalue weighted by Crippen LogP contribution is 2.32. The molecule has 1 saturated heterocycles. The zero-order valence-corrected chi connectivity index (χ0v) is 13.3. The lowest BCUT2D eigenvalue weighted by Crippen LogP contribution is -2.51. The van der Waals surface area contributed by atoms with Crippen molar-refractivity contribution in [2.75, 3.05) is 27.3 Å². The van der Waals surface area contributed by atoms with Crippen LogP contribution in [-0.4, -0.2) is 44.2 Å². The van der Waals surface area contributed by atoms with Crippen LogP contribution >= 0.6 is 0 Å². The molecular weight excluding hydrogens is 287 g/mol. The molecular formula is C16H23FN2O3. The number of piperidine rings is 1. The zero-order valence-electron chi connectivity index (χ0n) is 13.3. The number of hydrogen-bond acceptors (Lipinski definition) is 4. The Labute approximate surface area is 130 Å². The molecule has 0 spiro atoms. The van der Waals surface area contributed by atoms with Crippen LogP contribution in [0.3, 0.4) is 0 Å². The van der Waals surface area contributed by atoms with Crippen molar-refractivity contribution in [2.24, 2.45) is 11.7 Å². The Bertz CT molecular complexity index is 550. The second-order valence-electron chi connectivity index (χ2n) is 5.61. The fraction of sp³-hybridized carbons (Fsp3) is 0.562. The van der Waals surface area contributed by atoms with Gasteiger partial charge in [0.2, 0.25) is 0 Å². The molecule has 0 bridgehead atoms. The first kappa shape index (κ1) is 16.5. The summed E-state index contributed by atoms with van der Waals surface area (Å²) in [6.07, 6.45) is 1.93. The Hall–Kier alpha value is -1.82. The molecule has 2 atom stereocenters. The van der Waals surface area contributed by atoms with Gasteiger partial charge in [-0.2, -0.15) is 0 Å². The van der Waals surface area contributed by atoms with Crippen LogP contribution in [0.4, 0.5) is 4.39 Å². The molecule has 2 N–H and O–H groups in total. The van der Waals surface area contributed by atoms with Crippen molar-refractivity contribution in [3.63, 3.8) is 0 Å². The summed E-state index contributed by atoms with van der Waals surface area (Å²) in [6.45, 7) is 3.04. The van der Waals surface area contributed by atoms with Crippen molar-refractivity contribution in [3.8, 4) is 11.5 Å². The maximum atomic E-state index is 14.3. The summed E-state index contributed by atoms with van der Waals surface area (Å²) in [5.74, 6) is -0.0523. The van der Waals surface area contributed by atoms with E-state index in [-0.39, 0.29) is 23.3 Å². The smallest absolute Gasteiger partial charge is 0.257 e. The van der Waals surface area contributed by atoms with E-state index in [1.165, 1.54) is 26.4 Å². The van der Waals surface area contributed by atoms with Crippen molar-refractivity contribution < 1.29 is 18.7 Å². The molecule has 0 unspecified atom stereocenters. The number of amides is 1. The van der Waals surface area contributed by atoms with Gasteiger partial charge in [-0.15, -0.1) is 0 Å². The van der Waals surface area contributed by atoms with Gasteiger partial charge in [0.15, 0.2) is 11.5 Å². The first-order valence-electron chi connectivity index (χ1n) is 7.46. The van der Waals surface area contributed by atoms with Crippen LogP contribution in [0.5, 0.6) is 11.5 Å². The summed E-state index contributed by atoms with van der Waals surface area (Å²) >= 11 is 0. The van der Waals surface area contributed by atoms with Crippen LogP contribution < -0.4 is 15.2 Å². The van der Waals surface area contributed by atoms with Crippen molar-refractivity contribution in [2.45, 2.75) is 25.8 Å². The van der Waals surface area contributed by atoms with Crippen molar-refractivity contribution in [1.29, 1.82) is 0 Å². The highest BCUT2D eigenvalue weighted by molar-refractivity contribution is 5.95. The molecule has 1 amide bonds. The molecule has 1 aliphatic rings. The van der Waals surface area contributed by atoms with Crippen molar-refractivity contribution in [3.05, 3.63) is 23.5 Å². The number of carbonyl (C=O) groups is 1. The van der Waals surface area contributed by atoms with E-state index in [0.29, 0.717) is 24.8 Å². The highest BCUT2D eigenvalue weighted by atomic mass is 19.1. The van der Waals surface area contributed by atoms with E-state index < -0.39 is 5.82 Å². The monoisotopic (exact) mass is 310 g/mol. The number of halogens is 1. The van der Waals surface area contributed by atoms with Gasteiger partial charge < -0.3 is 20.1 Å². The molecule has 1 fully saturated rings. The van der Waals surface area contributed by atoms with E-state index in [0.717, 1.165) is 12.8 Å². The van der Waals surface area contributed by atoms with Crippen LogP contribution in [0.25, 0.3) is 0 Å². The van der Waals surface area contributed by atoms with Crippen molar-refractivity contribution >= 4 is 5.91 Å². The van der Waals surface area contributed by atoms with E-state index in [1.807, 2.05) is 0 Å². The number of carbonyl (C=O) groups excluding carboxylic acids is 1. The molecule has 22 heavy (non-hydrogen) atoms. The second kappa shape index (κ2) is 6.96. The lowest BCUT2D eigenvalue weighted by atomic mass is 9.90. The predicted molar refractivity (Wildman–Crippen MR) is 81.8 cm³/mol. The minimum atomic E-state index is -0.614. The number of benzene rings is 1. The van der Waals surface area contributed by atoms with E-state index in [4.69, 9.17) is 15.2 Å². The number of nitrogens with two attached hydrogens (primary N) is 1. The van der Waals surface area contributed by atoms with Crippen molar-refractivity contribution in [1.82, 2.24) is 4.90 Å². The third-order valence-corrected chi connectivity index (χ3v) is 4.32. The molecule has 0 aromatic heterocycles. The van der Waals surface area contributed by atoms with Crippen LogP contribution in [0.15, 0.2) is 12.1 Å². The van der Waals surface area contributed by atoms with Gasteiger partial charge in [-0.3, -0.25) is 4.79 Å². The van der Waals surface area contributed by atoms with Gasteiger partial charge in [0.05, 0.1) is 19.8 Å². The largest absolute Gasteiger partial charge is 0.493 e. The summed E-state index contributed by atoms with van der Waals surface area (Å²) in [4.78, 5) is 14.4. The lowest BCUT2D eigenvalue weighted by molar-refractivity contribution is 0.0527. The molecule has 1 heterocycles. The Morgan fingerprint density at radius 1 is 1.36 bits per heavy atom. The number of likely N-dealkylation sites (tertiary alicyclic amines) is 1. The third kappa shape index (κ3) is 3.02. The molecule has 0 saturated carbocycles. The number of nitrogens with zero attached hydrogens (tertiary/aromatic N) is 1. The first-order chi connectivity index (χ1) is 10.5. The molecule has 0 aliphatic carbocycles. The predicted octanol–water partition coefficient (Wildman–Crippen LogP) is 2.04. The van der Waals surface area contributed by atoms with Crippen LogP contribution in [0.1, 0.15) is 30.1 Å². The molecule has 0 radical (unpaired) electrons. The van der Waals surface area contributed by atoms with E-state index in [2.05, 4.69) is 6.92 Å². The quantitative estimate of drug-likeness (QED) is 0.924.